The first kappa shape index (κ1) is 22.0. The molecule has 1 atom stereocenters. The summed E-state index contributed by atoms with van der Waals surface area (Å²) >= 11 is 0. The minimum atomic E-state index is -1.37. The molecule has 0 spiro atoms. The van der Waals surface area contributed by atoms with Crippen LogP contribution >= 0.6 is 0 Å². The third kappa shape index (κ3) is 5.69. The summed E-state index contributed by atoms with van der Waals surface area (Å²) in [7, 11) is 0. The molecule has 1 heterocycles. The van der Waals surface area contributed by atoms with E-state index >= 15 is 0 Å². The number of carbonyl (C=O) groups is 2. The summed E-state index contributed by atoms with van der Waals surface area (Å²) in [4.78, 5) is 23.6. The average Bonchev–Trinajstić information content (AvgIpc) is 3.18. The predicted octanol–water partition coefficient (Wildman–Crippen LogP) is 3.79. The van der Waals surface area contributed by atoms with Gasteiger partial charge in [-0.25, -0.2) is 14.3 Å². The molecule has 1 aromatic heterocycles. The first-order valence-electron chi connectivity index (χ1n) is 9.83. The second-order valence-electron chi connectivity index (χ2n) is 7.82. The number of ether oxygens (including phenoxy) is 2. The molecule has 2 aromatic carbocycles. The van der Waals surface area contributed by atoms with E-state index in [1.54, 1.807) is 17.8 Å². The fourth-order valence-electron chi connectivity index (χ4n) is 2.74. The van der Waals surface area contributed by atoms with Crippen molar-refractivity contribution in [1.82, 2.24) is 15.0 Å². The van der Waals surface area contributed by atoms with Crippen LogP contribution in [-0.2, 0) is 16.1 Å². The summed E-state index contributed by atoms with van der Waals surface area (Å²) in [6.45, 7) is 7.23. The average molecular weight is 423 g/mol. The zero-order valence-corrected chi connectivity index (χ0v) is 17.9. The molecule has 0 unspecified atom stereocenters. The molecule has 0 fully saturated rings. The number of hydrogen-bond donors (Lipinski definition) is 1. The summed E-state index contributed by atoms with van der Waals surface area (Å²) in [5, 5.41) is 17.3. The van der Waals surface area contributed by atoms with Crippen molar-refractivity contribution < 1.29 is 24.2 Å². The van der Waals surface area contributed by atoms with E-state index in [0.717, 1.165) is 5.56 Å². The van der Waals surface area contributed by atoms with Crippen LogP contribution in [0.15, 0.2) is 54.7 Å². The Labute approximate surface area is 180 Å². The molecule has 8 heteroatoms. The Kier molecular flexibility index (Phi) is 6.39. The highest BCUT2D eigenvalue weighted by atomic mass is 16.5. The van der Waals surface area contributed by atoms with Crippen LogP contribution in [0.5, 0.6) is 5.75 Å². The van der Waals surface area contributed by atoms with Crippen molar-refractivity contribution in [2.45, 2.75) is 45.9 Å². The summed E-state index contributed by atoms with van der Waals surface area (Å²) in [6, 6.07) is 14.3. The van der Waals surface area contributed by atoms with E-state index in [-0.39, 0.29) is 0 Å². The monoisotopic (exact) mass is 423 g/mol. The van der Waals surface area contributed by atoms with Gasteiger partial charge in [-0.2, -0.15) is 0 Å². The van der Waals surface area contributed by atoms with E-state index in [1.165, 1.54) is 43.7 Å². The van der Waals surface area contributed by atoms with Crippen molar-refractivity contribution in [2.75, 3.05) is 0 Å². The van der Waals surface area contributed by atoms with E-state index in [4.69, 9.17) is 14.6 Å². The van der Waals surface area contributed by atoms with Crippen LogP contribution in [-0.4, -0.2) is 37.6 Å². The van der Waals surface area contributed by atoms with Gasteiger partial charge in [-0.15, -0.1) is 5.10 Å². The summed E-state index contributed by atoms with van der Waals surface area (Å²) in [6.07, 6.45) is 1.17. The zero-order chi connectivity index (χ0) is 22.6. The van der Waals surface area contributed by atoms with Crippen LogP contribution in [0.2, 0.25) is 0 Å². The molecule has 0 saturated carbocycles. The first-order chi connectivity index (χ1) is 14.6. The van der Waals surface area contributed by atoms with Crippen molar-refractivity contribution in [3.63, 3.8) is 0 Å². The Hall–Kier alpha value is -3.68. The third-order valence-electron chi connectivity index (χ3n) is 4.70. The topological polar surface area (TPSA) is 104 Å². The summed E-state index contributed by atoms with van der Waals surface area (Å²) in [5.74, 6) is -1.26. The minimum Gasteiger partial charge on any atom is -0.478 e. The molecule has 3 rings (SSSR count). The molecule has 0 aliphatic carbocycles. The highest BCUT2D eigenvalue weighted by molar-refractivity contribution is 5.89. The van der Waals surface area contributed by atoms with E-state index < -0.39 is 23.6 Å². The van der Waals surface area contributed by atoms with E-state index in [9.17, 15) is 9.59 Å². The molecule has 1 N–H and O–H groups in total. The van der Waals surface area contributed by atoms with Gasteiger partial charge in [-0.3, -0.25) is 0 Å². The fourth-order valence-corrected chi connectivity index (χ4v) is 2.74. The van der Waals surface area contributed by atoms with Crippen LogP contribution in [0.3, 0.4) is 0 Å². The Morgan fingerprint density at radius 1 is 1.10 bits per heavy atom. The molecule has 0 amide bonds. The number of hydrogen-bond acceptors (Lipinski definition) is 6. The van der Waals surface area contributed by atoms with Gasteiger partial charge >= 0.3 is 11.9 Å². The lowest BCUT2D eigenvalue weighted by Gasteiger charge is -2.21. The van der Waals surface area contributed by atoms with Gasteiger partial charge in [-0.1, -0.05) is 35.0 Å². The number of esters is 1. The first-order valence-corrected chi connectivity index (χ1v) is 9.83. The molecule has 162 valence electrons. The Morgan fingerprint density at radius 2 is 1.74 bits per heavy atom. The highest BCUT2D eigenvalue weighted by Crippen LogP contribution is 2.21. The summed E-state index contributed by atoms with van der Waals surface area (Å²) < 4.78 is 12.6. The van der Waals surface area contributed by atoms with E-state index in [1.807, 2.05) is 31.2 Å². The fraction of sp³-hybridized carbons (Fsp3) is 0.304. The van der Waals surface area contributed by atoms with Crippen LogP contribution < -0.4 is 4.74 Å². The SMILES string of the molecule is Cc1ccc(Cn2cc([C@H](C)OC(=O)c3ccc(OC(C)(C)C(=O)O)cc3)nn2)cc1. The molecule has 0 aliphatic heterocycles. The quantitative estimate of drug-likeness (QED) is 0.550. The molecular formula is C23H25N3O5. The van der Waals surface area contributed by atoms with Gasteiger partial charge in [0.05, 0.1) is 18.3 Å². The maximum atomic E-state index is 12.5. The van der Waals surface area contributed by atoms with Gasteiger partial charge < -0.3 is 14.6 Å². The van der Waals surface area contributed by atoms with Gasteiger partial charge in [0.2, 0.25) is 0 Å². The van der Waals surface area contributed by atoms with Gasteiger partial charge in [0.25, 0.3) is 0 Å². The lowest BCUT2D eigenvalue weighted by atomic mass is 10.1. The molecule has 31 heavy (non-hydrogen) atoms. The molecule has 0 radical (unpaired) electrons. The molecule has 3 aromatic rings. The van der Waals surface area contributed by atoms with E-state index in [2.05, 4.69) is 10.3 Å². The van der Waals surface area contributed by atoms with Crippen LogP contribution in [0.25, 0.3) is 0 Å². The van der Waals surface area contributed by atoms with Crippen molar-refractivity contribution in [1.29, 1.82) is 0 Å². The van der Waals surface area contributed by atoms with Gasteiger partial charge in [-0.05, 0) is 57.5 Å². The number of carboxylic acid groups (broad SMARTS) is 1. The van der Waals surface area contributed by atoms with Gasteiger partial charge in [0.1, 0.15) is 17.5 Å². The number of benzene rings is 2. The molecule has 0 aliphatic rings. The number of aryl methyl sites for hydroxylation is 1. The van der Waals surface area contributed by atoms with Gasteiger partial charge in [0.15, 0.2) is 5.60 Å². The maximum Gasteiger partial charge on any atom is 0.347 e. The van der Waals surface area contributed by atoms with Crippen molar-refractivity contribution in [3.05, 3.63) is 77.1 Å². The van der Waals surface area contributed by atoms with Crippen LogP contribution in [0.4, 0.5) is 0 Å². The predicted molar refractivity (Wildman–Crippen MR) is 113 cm³/mol. The number of aromatic nitrogens is 3. The van der Waals surface area contributed by atoms with E-state index in [0.29, 0.717) is 23.6 Å². The third-order valence-corrected chi connectivity index (χ3v) is 4.70. The van der Waals surface area contributed by atoms with Crippen molar-refractivity contribution in [3.8, 4) is 5.75 Å². The number of carbonyl (C=O) groups excluding carboxylic acids is 1. The summed E-state index contributed by atoms with van der Waals surface area (Å²) in [5.41, 5.74) is 1.78. The van der Waals surface area contributed by atoms with Crippen LogP contribution in [0, 0.1) is 6.92 Å². The Morgan fingerprint density at radius 3 is 2.35 bits per heavy atom. The minimum absolute atomic E-state index is 0.319. The standard InChI is InChI=1S/C23H25N3O5/c1-15-5-7-17(8-6-15)13-26-14-20(24-25-26)16(2)30-21(27)18-9-11-19(12-10-18)31-23(3,4)22(28)29/h5-12,14,16H,13H2,1-4H3,(H,28,29)/t16-/m0/s1. The second kappa shape index (κ2) is 8.99. The lowest BCUT2D eigenvalue weighted by molar-refractivity contribution is -0.152. The molecule has 0 saturated heterocycles. The van der Waals surface area contributed by atoms with Gasteiger partial charge in [0, 0.05) is 0 Å². The second-order valence-corrected chi connectivity index (χ2v) is 7.82. The maximum absolute atomic E-state index is 12.5. The van der Waals surface area contributed by atoms with Crippen molar-refractivity contribution in [2.24, 2.45) is 0 Å². The Balaban J connectivity index is 1.59. The number of rotatable bonds is 8. The molecular weight excluding hydrogens is 398 g/mol. The lowest BCUT2D eigenvalue weighted by Crippen LogP contribution is -2.37. The molecule has 0 bridgehead atoms. The molecule has 8 nitrogen and oxygen atoms in total. The largest absolute Gasteiger partial charge is 0.478 e. The van der Waals surface area contributed by atoms with Crippen molar-refractivity contribution >= 4 is 11.9 Å². The number of nitrogens with zero attached hydrogens (tertiary/aromatic N) is 3. The normalized spacial score (nSPS) is 12.3. The zero-order valence-electron chi connectivity index (χ0n) is 17.9. The highest BCUT2D eigenvalue weighted by Gasteiger charge is 2.29. The smallest absolute Gasteiger partial charge is 0.347 e. The number of aliphatic carboxylic acids is 1. The van der Waals surface area contributed by atoms with Crippen LogP contribution in [0.1, 0.15) is 54.1 Å². The number of carboxylic acids is 1. The Bertz CT molecular complexity index is 1060.